The van der Waals surface area contributed by atoms with Crippen molar-refractivity contribution >= 4 is 21.9 Å². The van der Waals surface area contributed by atoms with Gasteiger partial charge >= 0.3 is 6.03 Å². The van der Waals surface area contributed by atoms with Crippen LogP contribution >= 0.6 is 0 Å². The number of anilines is 1. The van der Waals surface area contributed by atoms with E-state index in [0.29, 0.717) is 11.5 Å². The molecule has 0 saturated heterocycles. The van der Waals surface area contributed by atoms with E-state index in [2.05, 4.69) is 10.4 Å². The molecule has 0 aliphatic heterocycles. The van der Waals surface area contributed by atoms with Crippen molar-refractivity contribution < 1.29 is 13.2 Å². The van der Waals surface area contributed by atoms with Gasteiger partial charge < -0.3 is 0 Å². The van der Waals surface area contributed by atoms with Crippen molar-refractivity contribution in [2.75, 3.05) is 5.32 Å². The Morgan fingerprint density at radius 3 is 2.35 bits per heavy atom. The van der Waals surface area contributed by atoms with Gasteiger partial charge in [-0.1, -0.05) is 48.0 Å². The van der Waals surface area contributed by atoms with E-state index in [4.69, 9.17) is 0 Å². The van der Waals surface area contributed by atoms with Crippen molar-refractivity contribution in [3.05, 3.63) is 66.2 Å². The second-order valence-electron chi connectivity index (χ2n) is 5.78. The predicted octanol–water partition coefficient (Wildman–Crippen LogP) is 2.91. The number of aromatic nitrogens is 2. The van der Waals surface area contributed by atoms with Gasteiger partial charge in [0.1, 0.15) is 5.82 Å². The van der Waals surface area contributed by atoms with Gasteiger partial charge in [-0.25, -0.2) is 17.9 Å². The zero-order valence-corrected chi connectivity index (χ0v) is 15.1. The van der Waals surface area contributed by atoms with Crippen LogP contribution in [0.15, 0.2) is 65.6 Å². The maximum Gasteiger partial charge on any atom is 0.334 e. The molecule has 1 aromatic heterocycles. The van der Waals surface area contributed by atoms with Gasteiger partial charge in [-0.3, -0.25) is 10.00 Å². The van der Waals surface area contributed by atoms with Crippen molar-refractivity contribution in [2.24, 2.45) is 7.05 Å². The number of aryl methyl sites for hydroxylation is 2. The van der Waals surface area contributed by atoms with Crippen LogP contribution in [-0.4, -0.2) is 24.2 Å². The average molecular weight is 370 g/mol. The molecule has 0 aliphatic rings. The van der Waals surface area contributed by atoms with Crippen molar-refractivity contribution in [2.45, 2.75) is 11.8 Å². The van der Waals surface area contributed by atoms with Gasteiger partial charge in [-0.2, -0.15) is 5.10 Å². The van der Waals surface area contributed by atoms with Crippen LogP contribution in [0.4, 0.5) is 10.6 Å². The Morgan fingerprint density at radius 2 is 1.69 bits per heavy atom. The highest BCUT2D eigenvalue weighted by atomic mass is 32.2. The fraction of sp³-hybridized carbons (Fsp3) is 0.111. The second kappa shape index (κ2) is 7.01. The molecule has 1 heterocycles. The molecular weight excluding hydrogens is 352 g/mol. The van der Waals surface area contributed by atoms with Gasteiger partial charge in [0.2, 0.25) is 0 Å². The fourth-order valence-corrected chi connectivity index (χ4v) is 3.28. The zero-order chi connectivity index (χ0) is 18.7. The molecule has 3 aromatic rings. The Morgan fingerprint density at radius 1 is 1.04 bits per heavy atom. The number of amides is 2. The van der Waals surface area contributed by atoms with Crippen LogP contribution in [0, 0.1) is 6.92 Å². The summed E-state index contributed by atoms with van der Waals surface area (Å²) in [5.74, 6) is 0.375. The molecule has 2 amide bonds. The number of sulfonamides is 1. The Hall–Kier alpha value is -3.13. The van der Waals surface area contributed by atoms with Crippen LogP contribution in [0.2, 0.25) is 0 Å². The molecule has 0 spiro atoms. The van der Waals surface area contributed by atoms with Crippen molar-refractivity contribution in [1.29, 1.82) is 0 Å². The SMILES string of the molecule is Cc1ccc(S(=O)(=O)NC(=O)Nc2cc(-c3ccccc3)nn2C)cc1. The first kappa shape index (κ1) is 17.7. The molecule has 7 nitrogen and oxygen atoms in total. The lowest BCUT2D eigenvalue weighted by molar-refractivity contribution is 0.256. The molecule has 0 aliphatic carbocycles. The summed E-state index contributed by atoms with van der Waals surface area (Å²) < 4.78 is 28.0. The van der Waals surface area contributed by atoms with Crippen LogP contribution in [-0.2, 0) is 17.1 Å². The molecular formula is C18H18N4O3S. The lowest BCUT2D eigenvalue weighted by Crippen LogP contribution is -2.34. The van der Waals surface area contributed by atoms with Gasteiger partial charge in [0.15, 0.2) is 0 Å². The summed E-state index contributed by atoms with van der Waals surface area (Å²) in [5, 5.41) is 6.83. The number of benzene rings is 2. The van der Waals surface area contributed by atoms with Crippen LogP contribution in [0.3, 0.4) is 0 Å². The maximum absolute atomic E-state index is 12.3. The minimum Gasteiger partial charge on any atom is -0.292 e. The average Bonchev–Trinajstić information content (AvgIpc) is 2.96. The number of rotatable bonds is 4. The summed E-state index contributed by atoms with van der Waals surface area (Å²) in [7, 11) is -2.28. The number of carbonyl (C=O) groups is 1. The lowest BCUT2D eigenvalue weighted by atomic mass is 10.2. The normalized spacial score (nSPS) is 11.2. The Kier molecular flexibility index (Phi) is 4.77. The molecule has 26 heavy (non-hydrogen) atoms. The third-order valence-electron chi connectivity index (χ3n) is 3.75. The summed E-state index contributed by atoms with van der Waals surface area (Å²) in [6, 6.07) is 16.5. The fourth-order valence-electron chi connectivity index (χ4n) is 2.37. The first-order chi connectivity index (χ1) is 12.3. The third kappa shape index (κ3) is 3.92. The van der Waals surface area contributed by atoms with E-state index < -0.39 is 16.1 Å². The maximum atomic E-state index is 12.3. The molecule has 0 fully saturated rings. The summed E-state index contributed by atoms with van der Waals surface area (Å²) in [4.78, 5) is 12.1. The molecule has 0 unspecified atom stereocenters. The van der Waals surface area contributed by atoms with E-state index in [0.717, 1.165) is 11.1 Å². The van der Waals surface area contributed by atoms with Gasteiger partial charge in [-0.05, 0) is 19.1 Å². The summed E-state index contributed by atoms with van der Waals surface area (Å²) in [6.45, 7) is 1.85. The third-order valence-corrected chi connectivity index (χ3v) is 5.10. The van der Waals surface area contributed by atoms with Crippen LogP contribution in [0.1, 0.15) is 5.56 Å². The monoisotopic (exact) mass is 370 g/mol. The highest BCUT2D eigenvalue weighted by molar-refractivity contribution is 7.90. The Balaban J connectivity index is 1.74. The van der Waals surface area contributed by atoms with Gasteiger partial charge in [0.25, 0.3) is 10.0 Å². The smallest absolute Gasteiger partial charge is 0.292 e. The highest BCUT2D eigenvalue weighted by Gasteiger charge is 2.18. The number of carbonyl (C=O) groups excluding carboxylic acids is 1. The minimum atomic E-state index is -3.95. The van der Waals surface area contributed by atoms with Crippen molar-refractivity contribution in [1.82, 2.24) is 14.5 Å². The topological polar surface area (TPSA) is 93.1 Å². The minimum absolute atomic E-state index is 0.0215. The second-order valence-corrected chi connectivity index (χ2v) is 7.46. The summed E-state index contributed by atoms with van der Waals surface area (Å²) in [5.41, 5.74) is 2.49. The van der Waals surface area contributed by atoms with Crippen LogP contribution in [0.25, 0.3) is 11.3 Å². The van der Waals surface area contributed by atoms with Crippen molar-refractivity contribution in [3.63, 3.8) is 0 Å². The quantitative estimate of drug-likeness (QED) is 0.738. The van der Waals surface area contributed by atoms with Gasteiger partial charge in [0.05, 0.1) is 10.6 Å². The van der Waals surface area contributed by atoms with Crippen LogP contribution in [0.5, 0.6) is 0 Å². The predicted molar refractivity (Wildman–Crippen MR) is 99.2 cm³/mol. The largest absolute Gasteiger partial charge is 0.334 e. The molecule has 2 N–H and O–H groups in total. The van der Waals surface area contributed by atoms with E-state index in [9.17, 15) is 13.2 Å². The molecule has 0 radical (unpaired) electrons. The first-order valence-corrected chi connectivity index (χ1v) is 9.33. The van der Waals surface area contributed by atoms with E-state index >= 15 is 0 Å². The van der Waals surface area contributed by atoms with Gasteiger partial charge in [-0.15, -0.1) is 0 Å². The van der Waals surface area contributed by atoms with Crippen LogP contribution < -0.4 is 10.0 Å². The Bertz CT molecular complexity index is 1030. The summed E-state index contributed by atoms with van der Waals surface area (Å²) in [6.07, 6.45) is 0. The number of nitrogens with one attached hydrogen (secondary N) is 2. The first-order valence-electron chi connectivity index (χ1n) is 7.85. The Labute approximate surface area is 151 Å². The number of hydrogen-bond acceptors (Lipinski definition) is 4. The van der Waals surface area contributed by atoms with Crippen molar-refractivity contribution in [3.8, 4) is 11.3 Å². The molecule has 134 valence electrons. The molecule has 8 heteroatoms. The van der Waals surface area contributed by atoms with E-state index in [1.54, 1.807) is 25.2 Å². The molecule has 0 atom stereocenters. The summed E-state index contributed by atoms with van der Waals surface area (Å²) >= 11 is 0. The molecule has 0 saturated carbocycles. The number of hydrogen-bond donors (Lipinski definition) is 2. The lowest BCUT2D eigenvalue weighted by Gasteiger charge is -2.08. The molecule has 0 bridgehead atoms. The molecule has 2 aromatic carbocycles. The molecule has 3 rings (SSSR count). The van der Waals surface area contributed by atoms with E-state index in [1.165, 1.54) is 16.8 Å². The highest BCUT2D eigenvalue weighted by Crippen LogP contribution is 2.21. The number of urea groups is 1. The van der Waals surface area contributed by atoms with E-state index in [-0.39, 0.29) is 4.90 Å². The number of nitrogens with zero attached hydrogens (tertiary/aromatic N) is 2. The van der Waals surface area contributed by atoms with E-state index in [1.807, 2.05) is 42.0 Å². The standard InChI is InChI=1S/C18H18N4O3S/c1-13-8-10-15(11-9-13)26(24,25)21-18(23)19-17-12-16(20-22(17)2)14-6-4-3-5-7-14/h3-12H,1-2H3,(H2,19,21,23). The van der Waals surface area contributed by atoms with Gasteiger partial charge in [0, 0.05) is 18.7 Å². The zero-order valence-electron chi connectivity index (χ0n) is 14.3.